The van der Waals surface area contributed by atoms with Crippen molar-refractivity contribution >= 4 is 25.8 Å². The van der Waals surface area contributed by atoms with Gasteiger partial charge in [0.1, 0.15) is 0 Å². The van der Waals surface area contributed by atoms with E-state index in [2.05, 4.69) is 27.1 Å². The number of hydrogen-bond donors (Lipinski definition) is 0. The van der Waals surface area contributed by atoms with Crippen LogP contribution < -0.4 is 0 Å². The van der Waals surface area contributed by atoms with E-state index in [-0.39, 0.29) is 0 Å². The molecular weight excluding hydrogens is 264 g/mol. The Labute approximate surface area is 92.4 Å². The Hall–Kier alpha value is -0.790. The van der Waals surface area contributed by atoms with Crippen molar-refractivity contribution in [3.05, 3.63) is 33.8 Å². The fourth-order valence-electron chi connectivity index (χ4n) is 0.915. The summed E-state index contributed by atoms with van der Waals surface area (Å²) >= 11 is 3.32. The molecule has 0 amide bonds. The fourth-order valence-corrected chi connectivity index (χ4v) is 1.69. The van der Waals surface area contributed by atoms with Crippen molar-refractivity contribution in [2.24, 2.45) is 0 Å². The van der Waals surface area contributed by atoms with Crippen molar-refractivity contribution in [3.8, 4) is 11.2 Å². The second kappa shape index (κ2) is 4.16. The molecule has 1 aromatic carbocycles. The van der Waals surface area contributed by atoms with Crippen LogP contribution in [0.2, 0.25) is 0 Å². The predicted octanol–water partition coefficient (Wildman–Crippen LogP) is 2.11. The van der Waals surface area contributed by atoms with Crippen LogP contribution in [-0.2, 0) is 9.84 Å². The fraction of sp³-hybridized carbons (Fsp3) is 0.200. The summed E-state index contributed by atoms with van der Waals surface area (Å²) in [6, 6.07) is 5.52. The molecule has 0 N–H and O–H groups in total. The van der Waals surface area contributed by atoms with Crippen LogP contribution in [0.25, 0.3) is 0 Å². The Bertz CT molecular complexity index is 507. The van der Waals surface area contributed by atoms with Crippen LogP contribution in [-0.4, -0.2) is 14.7 Å². The quantitative estimate of drug-likeness (QED) is 0.678. The van der Waals surface area contributed by atoms with Crippen LogP contribution >= 0.6 is 15.9 Å². The Morgan fingerprint density at radius 3 is 2.50 bits per heavy atom. The normalized spacial score (nSPS) is 10.5. The maximum absolute atomic E-state index is 10.8. The summed E-state index contributed by atoms with van der Waals surface area (Å²) in [6.07, 6.45) is 1.09. The zero-order chi connectivity index (χ0) is 10.8. The third kappa shape index (κ3) is 3.52. The lowest BCUT2D eigenvalue weighted by Gasteiger charge is -1.97. The molecule has 0 bridgehead atoms. The van der Waals surface area contributed by atoms with E-state index in [0.29, 0.717) is 0 Å². The first-order chi connectivity index (χ1) is 6.38. The number of rotatable bonds is 0. The number of hydrogen-bond acceptors (Lipinski definition) is 2. The maximum atomic E-state index is 10.8. The Kier molecular flexibility index (Phi) is 3.35. The van der Waals surface area contributed by atoms with E-state index in [0.717, 1.165) is 21.9 Å². The van der Waals surface area contributed by atoms with Crippen molar-refractivity contribution in [2.75, 3.05) is 6.26 Å². The van der Waals surface area contributed by atoms with Crippen LogP contribution in [0.15, 0.2) is 22.7 Å². The van der Waals surface area contributed by atoms with Crippen LogP contribution in [0, 0.1) is 18.1 Å². The van der Waals surface area contributed by atoms with Crippen molar-refractivity contribution in [2.45, 2.75) is 6.92 Å². The van der Waals surface area contributed by atoms with Gasteiger partial charge in [-0.25, -0.2) is 8.42 Å². The Morgan fingerprint density at radius 1 is 1.36 bits per heavy atom. The highest BCUT2D eigenvalue weighted by Gasteiger charge is 1.96. The molecular formula is C10H9BrO2S. The van der Waals surface area contributed by atoms with Gasteiger partial charge in [-0.2, -0.15) is 0 Å². The zero-order valence-corrected chi connectivity index (χ0v) is 10.2. The van der Waals surface area contributed by atoms with Gasteiger partial charge in [0, 0.05) is 15.3 Å². The van der Waals surface area contributed by atoms with Crippen molar-refractivity contribution in [1.82, 2.24) is 0 Å². The molecule has 0 radical (unpaired) electrons. The number of benzene rings is 1. The van der Waals surface area contributed by atoms with Gasteiger partial charge in [-0.1, -0.05) is 15.9 Å². The predicted molar refractivity (Wildman–Crippen MR) is 60.6 cm³/mol. The molecule has 0 heterocycles. The van der Waals surface area contributed by atoms with Gasteiger partial charge in [0.25, 0.3) is 0 Å². The van der Waals surface area contributed by atoms with Gasteiger partial charge in [0.05, 0.1) is 6.26 Å². The summed E-state index contributed by atoms with van der Waals surface area (Å²) in [4.78, 5) is 0. The van der Waals surface area contributed by atoms with Crippen LogP contribution in [0.4, 0.5) is 0 Å². The summed E-state index contributed by atoms with van der Waals surface area (Å²) in [5, 5.41) is 2.21. The van der Waals surface area contributed by atoms with E-state index < -0.39 is 9.84 Å². The smallest absolute Gasteiger partial charge is 0.214 e. The number of aryl methyl sites for hydroxylation is 1. The zero-order valence-electron chi connectivity index (χ0n) is 7.83. The highest BCUT2D eigenvalue weighted by molar-refractivity contribution is 9.10. The van der Waals surface area contributed by atoms with Crippen LogP contribution in [0.5, 0.6) is 0 Å². The Morgan fingerprint density at radius 2 is 2.00 bits per heavy atom. The van der Waals surface area contributed by atoms with Gasteiger partial charge in [0.2, 0.25) is 9.84 Å². The minimum atomic E-state index is -3.22. The van der Waals surface area contributed by atoms with Gasteiger partial charge in [-0.05, 0) is 36.6 Å². The van der Waals surface area contributed by atoms with E-state index in [1.807, 2.05) is 19.1 Å². The topological polar surface area (TPSA) is 34.1 Å². The van der Waals surface area contributed by atoms with E-state index in [4.69, 9.17) is 0 Å². The molecule has 0 saturated heterocycles. The second-order valence-corrected chi connectivity index (χ2v) is 5.62. The maximum Gasteiger partial charge on any atom is 0.214 e. The standard InChI is InChI=1S/C10H9BrO2S/c1-8-7-10(11)4-3-9(8)5-6-14(2,12)13/h3-4,7H,1-2H3. The van der Waals surface area contributed by atoms with Gasteiger partial charge in [-0.3, -0.25) is 0 Å². The Balaban J connectivity index is 3.15. The van der Waals surface area contributed by atoms with Gasteiger partial charge < -0.3 is 0 Å². The first kappa shape index (κ1) is 11.3. The molecule has 0 saturated carbocycles. The third-order valence-corrected chi connectivity index (χ3v) is 2.53. The van der Waals surface area contributed by atoms with Crippen molar-refractivity contribution < 1.29 is 8.42 Å². The molecule has 0 aliphatic rings. The average molecular weight is 273 g/mol. The largest absolute Gasteiger partial charge is 0.216 e. The average Bonchev–Trinajstić information content (AvgIpc) is 2.00. The monoisotopic (exact) mass is 272 g/mol. The molecule has 4 heteroatoms. The minimum absolute atomic E-state index is 0.735. The molecule has 0 aliphatic heterocycles. The van der Waals surface area contributed by atoms with Crippen LogP contribution in [0.3, 0.4) is 0 Å². The summed E-state index contributed by atoms with van der Waals surface area (Å²) in [5.41, 5.74) is 1.69. The van der Waals surface area contributed by atoms with E-state index in [1.165, 1.54) is 0 Å². The van der Waals surface area contributed by atoms with Crippen molar-refractivity contribution in [1.29, 1.82) is 0 Å². The minimum Gasteiger partial charge on any atom is -0.216 e. The molecule has 0 atom stereocenters. The molecule has 0 aliphatic carbocycles. The lowest BCUT2D eigenvalue weighted by atomic mass is 10.1. The molecule has 0 spiro atoms. The second-order valence-electron chi connectivity index (χ2n) is 2.96. The molecule has 0 aromatic heterocycles. The molecule has 0 unspecified atom stereocenters. The summed E-state index contributed by atoms with van der Waals surface area (Å²) in [7, 11) is -3.22. The van der Waals surface area contributed by atoms with Gasteiger partial charge >= 0.3 is 0 Å². The first-order valence-corrected chi connectivity index (χ1v) is 6.56. The highest BCUT2D eigenvalue weighted by atomic mass is 79.9. The van der Waals surface area contributed by atoms with Crippen LogP contribution in [0.1, 0.15) is 11.1 Å². The summed E-state index contributed by atoms with van der Waals surface area (Å²) in [5.74, 6) is 2.62. The lowest BCUT2D eigenvalue weighted by Crippen LogP contribution is -1.90. The molecule has 0 fully saturated rings. The molecule has 14 heavy (non-hydrogen) atoms. The number of halogens is 1. The lowest BCUT2D eigenvalue weighted by molar-refractivity contribution is 0.611. The molecule has 74 valence electrons. The first-order valence-electron chi connectivity index (χ1n) is 3.87. The molecule has 1 aromatic rings. The summed E-state index contributed by atoms with van der Waals surface area (Å²) in [6.45, 7) is 1.89. The summed E-state index contributed by atoms with van der Waals surface area (Å²) < 4.78 is 22.6. The van der Waals surface area contributed by atoms with E-state index in [9.17, 15) is 8.42 Å². The van der Waals surface area contributed by atoms with Gasteiger partial charge in [-0.15, -0.1) is 0 Å². The van der Waals surface area contributed by atoms with E-state index in [1.54, 1.807) is 6.07 Å². The van der Waals surface area contributed by atoms with Crippen molar-refractivity contribution in [3.63, 3.8) is 0 Å². The van der Waals surface area contributed by atoms with E-state index >= 15 is 0 Å². The molecule has 1 rings (SSSR count). The molecule has 2 nitrogen and oxygen atoms in total. The van der Waals surface area contributed by atoms with Gasteiger partial charge in [0.15, 0.2) is 0 Å². The SMILES string of the molecule is Cc1cc(Br)ccc1C#CS(C)(=O)=O. The third-order valence-electron chi connectivity index (χ3n) is 1.56. The number of sulfone groups is 1. The highest BCUT2D eigenvalue weighted by Crippen LogP contribution is 2.14.